The molecule has 0 saturated carbocycles. The summed E-state index contributed by atoms with van der Waals surface area (Å²) in [5.74, 6) is -0.646. The quantitative estimate of drug-likeness (QED) is 0.642. The SMILES string of the molecule is Cc1ccc(N2C[C@@H](O)Cn3c2nc2c3c(=O)n(CCC(=O)O)c(=O)n2C)cc1. The Bertz CT molecular complexity index is 1220. The average molecular weight is 399 g/mol. The normalized spacial score (nSPS) is 16.2. The van der Waals surface area contributed by atoms with Gasteiger partial charge in [0, 0.05) is 19.3 Å². The summed E-state index contributed by atoms with van der Waals surface area (Å²) in [6.07, 6.45) is -1.09. The number of benzene rings is 1. The highest BCUT2D eigenvalue weighted by molar-refractivity contribution is 5.77. The molecule has 0 aliphatic carbocycles. The van der Waals surface area contributed by atoms with Crippen LogP contribution in [0.4, 0.5) is 11.6 Å². The number of hydrogen-bond donors (Lipinski definition) is 2. The topological polar surface area (TPSA) is 123 Å². The minimum atomic E-state index is -1.10. The van der Waals surface area contributed by atoms with Crippen LogP contribution >= 0.6 is 0 Å². The molecule has 0 amide bonds. The summed E-state index contributed by atoms with van der Waals surface area (Å²) in [7, 11) is 1.49. The van der Waals surface area contributed by atoms with Crippen LogP contribution in [0.5, 0.6) is 0 Å². The van der Waals surface area contributed by atoms with Crippen LogP contribution in [0.25, 0.3) is 11.2 Å². The van der Waals surface area contributed by atoms with E-state index < -0.39 is 23.3 Å². The van der Waals surface area contributed by atoms with Crippen LogP contribution in [0.15, 0.2) is 33.9 Å². The van der Waals surface area contributed by atoms with Crippen molar-refractivity contribution in [3.05, 3.63) is 50.7 Å². The molecule has 0 saturated heterocycles. The molecule has 3 heterocycles. The van der Waals surface area contributed by atoms with Gasteiger partial charge in [-0.15, -0.1) is 0 Å². The first-order valence-electron chi connectivity index (χ1n) is 9.22. The van der Waals surface area contributed by atoms with Crippen molar-refractivity contribution in [2.45, 2.75) is 32.5 Å². The van der Waals surface area contributed by atoms with Gasteiger partial charge in [-0.2, -0.15) is 4.98 Å². The van der Waals surface area contributed by atoms with Crippen molar-refractivity contribution >= 4 is 28.8 Å². The number of nitrogens with zero attached hydrogens (tertiary/aromatic N) is 5. The van der Waals surface area contributed by atoms with Gasteiger partial charge in [-0.3, -0.25) is 18.7 Å². The van der Waals surface area contributed by atoms with Gasteiger partial charge in [0.05, 0.1) is 25.6 Å². The first kappa shape index (κ1) is 18.9. The second-order valence-corrected chi connectivity index (χ2v) is 7.24. The highest BCUT2D eigenvalue weighted by atomic mass is 16.4. The van der Waals surface area contributed by atoms with E-state index in [1.165, 1.54) is 11.6 Å². The van der Waals surface area contributed by atoms with Crippen molar-refractivity contribution in [2.75, 3.05) is 11.4 Å². The van der Waals surface area contributed by atoms with Gasteiger partial charge < -0.3 is 19.7 Å². The Hall–Kier alpha value is -3.40. The molecule has 10 heteroatoms. The largest absolute Gasteiger partial charge is 0.481 e. The van der Waals surface area contributed by atoms with E-state index in [1.54, 1.807) is 9.47 Å². The first-order chi connectivity index (χ1) is 13.8. The highest BCUT2D eigenvalue weighted by Crippen LogP contribution is 2.31. The molecule has 0 bridgehead atoms. The Morgan fingerprint density at radius 2 is 1.90 bits per heavy atom. The molecule has 3 aromatic rings. The van der Waals surface area contributed by atoms with E-state index in [0.29, 0.717) is 12.5 Å². The molecule has 0 unspecified atom stereocenters. The van der Waals surface area contributed by atoms with E-state index in [1.807, 2.05) is 31.2 Å². The lowest BCUT2D eigenvalue weighted by Crippen LogP contribution is -2.42. The summed E-state index contributed by atoms with van der Waals surface area (Å²) in [6, 6.07) is 7.69. The Morgan fingerprint density at radius 1 is 1.21 bits per heavy atom. The molecule has 0 fully saturated rings. The van der Waals surface area contributed by atoms with Crippen molar-refractivity contribution in [3.63, 3.8) is 0 Å². The third-order valence-corrected chi connectivity index (χ3v) is 5.14. The maximum Gasteiger partial charge on any atom is 0.332 e. The van der Waals surface area contributed by atoms with Gasteiger partial charge in [-0.1, -0.05) is 17.7 Å². The van der Waals surface area contributed by atoms with E-state index in [0.717, 1.165) is 15.8 Å². The molecular weight excluding hydrogens is 378 g/mol. The lowest BCUT2D eigenvalue weighted by molar-refractivity contribution is -0.137. The smallest absolute Gasteiger partial charge is 0.332 e. The second kappa shape index (κ2) is 6.89. The Balaban J connectivity index is 1.95. The lowest BCUT2D eigenvalue weighted by atomic mass is 10.2. The van der Waals surface area contributed by atoms with Gasteiger partial charge in [0.25, 0.3) is 5.56 Å². The fourth-order valence-electron chi connectivity index (χ4n) is 3.65. The number of aliphatic carboxylic acids is 1. The van der Waals surface area contributed by atoms with Gasteiger partial charge in [0.15, 0.2) is 11.2 Å². The molecule has 29 heavy (non-hydrogen) atoms. The van der Waals surface area contributed by atoms with E-state index in [9.17, 15) is 19.5 Å². The number of fused-ring (bicyclic) bond motifs is 3. The number of aliphatic hydroxyl groups is 1. The molecule has 2 aromatic heterocycles. The predicted molar refractivity (Wildman–Crippen MR) is 106 cm³/mol. The number of imidazole rings is 1. The maximum absolute atomic E-state index is 13.0. The average Bonchev–Trinajstić information content (AvgIpc) is 3.05. The van der Waals surface area contributed by atoms with Crippen molar-refractivity contribution in [1.82, 2.24) is 18.7 Å². The number of carbonyl (C=O) groups is 1. The van der Waals surface area contributed by atoms with Gasteiger partial charge in [-0.05, 0) is 19.1 Å². The van der Waals surface area contributed by atoms with Gasteiger partial charge in [0.1, 0.15) is 0 Å². The molecule has 1 aliphatic rings. The summed E-state index contributed by atoms with van der Waals surface area (Å²) in [6.45, 7) is 2.19. The van der Waals surface area contributed by atoms with Crippen molar-refractivity contribution < 1.29 is 15.0 Å². The minimum absolute atomic E-state index is 0.153. The fourth-order valence-corrected chi connectivity index (χ4v) is 3.65. The van der Waals surface area contributed by atoms with E-state index >= 15 is 0 Å². The second-order valence-electron chi connectivity index (χ2n) is 7.24. The van der Waals surface area contributed by atoms with E-state index in [4.69, 9.17) is 5.11 Å². The molecule has 2 N–H and O–H groups in total. The number of rotatable bonds is 4. The van der Waals surface area contributed by atoms with Crippen LogP contribution in [-0.2, 0) is 24.9 Å². The van der Waals surface area contributed by atoms with E-state index in [2.05, 4.69) is 4.98 Å². The number of carboxylic acid groups (broad SMARTS) is 1. The standard InChI is InChI=1S/C19H21N5O5/c1-11-3-5-12(6-4-11)23-9-13(25)10-24-15-16(20-18(23)24)21(2)19(29)22(17(15)28)8-7-14(26)27/h3-6,13,25H,7-10H2,1-2H3,(H,26,27)/t13-/m1/s1. The minimum Gasteiger partial charge on any atom is -0.481 e. The van der Waals surface area contributed by atoms with Crippen LogP contribution in [-0.4, -0.2) is 47.5 Å². The third-order valence-electron chi connectivity index (χ3n) is 5.14. The van der Waals surface area contributed by atoms with Crippen LogP contribution in [0.3, 0.4) is 0 Å². The Kier molecular flexibility index (Phi) is 4.50. The number of aromatic nitrogens is 4. The Morgan fingerprint density at radius 3 is 2.55 bits per heavy atom. The van der Waals surface area contributed by atoms with Crippen molar-refractivity contribution in [1.29, 1.82) is 0 Å². The zero-order valence-electron chi connectivity index (χ0n) is 16.1. The number of β-amino-alcohol motifs (C(OH)–C–C–N with tert-alkyl or cyclic N) is 1. The summed E-state index contributed by atoms with van der Waals surface area (Å²) in [5.41, 5.74) is 1.03. The molecule has 4 rings (SSSR count). The molecule has 1 aliphatic heterocycles. The zero-order chi connectivity index (χ0) is 20.9. The molecule has 152 valence electrons. The van der Waals surface area contributed by atoms with Crippen molar-refractivity contribution in [2.24, 2.45) is 7.05 Å². The highest BCUT2D eigenvalue weighted by Gasteiger charge is 2.30. The molecule has 0 spiro atoms. The van der Waals surface area contributed by atoms with Gasteiger partial charge >= 0.3 is 11.7 Å². The summed E-state index contributed by atoms with van der Waals surface area (Å²) in [5, 5.41) is 19.4. The molecule has 1 atom stereocenters. The monoisotopic (exact) mass is 399 g/mol. The summed E-state index contributed by atoms with van der Waals surface area (Å²) >= 11 is 0. The molecule has 0 radical (unpaired) electrons. The number of anilines is 2. The Labute approximate surface area is 164 Å². The summed E-state index contributed by atoms with van der Waals surface area (Å²) in [4.78, 5) is 42.9. The first-order valence-corrected chi connectivity index (χ1v) is 9.22. The van der Waals surface area contributed by atoms with Gasteiger partial charge in [-0.25, -0.2) is 4.79 Å². The van der Waals surface area contributed by atoms with Crippen LogP contribution in [0, 0.1) is 6.92 Å². The molecular formula is C19H21N5O5. The zero-order valence-corrected chi connectivity index (χ0v) is 16.1. The fraction of sp³-hybridized carbons (Fsp3) is 0.368. The predicted octanol–water partition coefficient (Wildman–Crippen LogP) is 0.192. The van der Waals surface area contributed by atoms with E-state index in [-0.39, 0.29) is 30.7 Å². The maximum atomic E-state index is 13.0. The van der Waals surface area contributed by atoms with Crippen LogP contribution < -0.4 is 16.1 Å². The third kappa shape index (κ3) is 3.11. The van der Waals surface area contributed by atoms with Crippen molar-refractivity contribution in [3.8, 4) is 0 Å². The number of aryl methyl sites for hydroxylation is 2. The lowest BCUT2D eigenvalue weighted by Gasteiger charge is -2.32. The summed E-state index contributed by atoms with van der Waals surface area (Å²) < 4.78 is 3.74. The molecule has 1 aromatic carbocycles. The molecule has 10 nitrogen and oxygen atoms in total. The number of carboxylic acids is 1. The van der Waals surface area contributed by atoms with Crippen LogP contribution in [0.2, 0.25) is 0 Å². The van der Waals surface area contributed by atoms with Crippen LogP contribution in [0.1, 0.15) is 12.0 Å². The van der Waals surface area contributed by atoms with Gasteiger partial charge in [0.2, 0.25) is 5.95 Å². The number of hydrogen-bond acceptors (Lipinski definition) is 6. The number of aliphatic hydroxyl groups excluding tert-OH is 1.